The third-order valence-corrected chi connectivity index (χ3v) is 5.67. The van der Waals surface area contributed by atoms with Crippen molar-refractivity contribution in [2.24, 2.45) is 16.7 Å². The Labute approximate surface area is 146 Å². The van der Waals surface area contributed by atoms with Crippen LogP contribution in [-0.2, 0) is 9.59 Å². The van der Waals surface area contributed by atoms with Gasteiger partial charge in [-0.05, 0) is 25.7 Å². The summed E-state index contributed by atoms with van der Waals surface area (Å²) in [5.41, 5.74) is -0.623. The van der Waals surface area contributed by atoms with Crippen molar-refractivity contribution >= 4 is 11.8 Å². The molecular formula is C19H34N2O3. The Kier molecular flexibility index (Phi) is 5.95. The number of hydrogen-bond acceptors (Lipinski definition) is 3. The van der Waals surface area contributed by atoms with Crippen LogP contribution in [0, 0.1) is 16.7 Å². The van der Waals surface area contributed by atoms with Crippen molar-refractivity contribution in [3.63, 3.8) is 0 Å². The minimum Gasteiger partial charge on any atom is -0.392 e. The van der Waals surface area contributed by atoms with E-state index in [0.717, 1.165) is 45.1 Å². The van der Waals surface area contributed by atoms with Crippen molar-refractivity contribution in [2.75, 3.05) is 19.6 Å². The molecule has 24 heavy (non-hydrogen) atoms. The average molecular weight is 338 g/mol. The number of piperidine rings is 1. The lowest BCUT2D eigenvalue weighted by molar-refractivity contribution is -0.143. The molecule has 0 bridgehead atoms. The van der Waals surface area contributed by atoms with Crippen LogP contribution in [0.5, 0.6) is 0 Å². The molecule has 1 saturated heterocycles. The summed E-state index contributed by atoms with van der Waals surface area (Å²) in [6.07, 6.45) is 5.32. The Bertz CT molecular complexity index is 472. The van der Waals surface area contributed by atoms with Gasteiger partial charge in [0.2, 0.25) is 11.8 Å². The number of hydrogen-bond donors (Lipinski definition) is 2. The van der Waals surface area contributed by atoms with Crippen LogP contribution in [-0.4, -0.2) is 47.6 Å². The average Bonchev–Trinajstić information content (AvgIpc) is 2.54. The Morgan fingerprint density at radius 1 is 1.21 bits per heavy atom. The lowest BCUT2D eigenvalue weighted by Gasteiger charge is -2.39. The molecule has 2 fully saturated rings. The van der Waals surface area contributed by atoms with Gasteiger partial charge in [0.1, 0.15) is 0 Å². The van der Waals surface area contributed by atoms with E-state index in [4.69, 9.17) is 0 Å². The van der Waals surface area contributed by atoms with Gasteiger partial charge >= 0.3 is 0 Å². The van der Waals surface area contributed by atoms with E-state index in [1.165, 1.54) is 0 Å². The van der Waals surface area contributed by atoms with Crippen LogP contribution in [0.4, 0.5) is 0 Å². The number of carbonyl (C=O) groups excluding carboxylic acids is 2. The number of nitrogens with zero attached hydrogens (tertiary/aromatic N) is 1. The van der Waals surface area contributed by atoms with Crippen LogP contribution < -0.4 is 5.32 Å². The van der Waals surface area contributed by atoms with Crippen molar-refractivity contribution in [1.29, 1.82) is 0 Å². The molecule has 1 aliphatic heterocycles. The number of carbonyl (C=O) groups is 2. The molecule has 1 saturated carbocycles. The summed E-state index contributed by atoms with van der Waals surface area (Å²) in [6, 6.07) is 0. The number of aliphatic hydroxyl groups excluding tert-OH is 1. The fraction of sp³-hybridized carbons (Fsp3) is 0.895. The van der Waals surface area contributed by atoms with Gasteiger partial charge in [0.15, 0.2) is 0 Å². The fourth-order valence-electron chi connectivity index (χ4n) is 3.87. The van der Waals surface area contributed by atoms with Gasteiger partial charge in [0.05, 0.1) is 12.0 Å². The summed E-state index contributed by atoms with van der Waals surface area (Å²) in [7, 11) is 0. The predicted octanol–water partition coefficient (Wildman–Crippen LogP) is 2.33. The molecule has 2 amide bonds. The van der Waals surface area contributed by atoms with E-state index >= 15 is 0 Å². The zero-order valence-electron chi connectivity index (χ0n) is 15.7. The first-order chi connectivity index (χ1) is 11.1. The van der Waals surface area contributed by atoms with E-state index in [-0.39, 0.29) is 29.3 Å². The minimum absolute atomic E-state index is 0.0282. The first-order valence-corrected chi connectivity index (χ1v) is 9.39. The third kappa shape index (κ3) is 4.50. The Morgan fingerprint density at radius 3 is 2.54 bits per heavy atom. The summed E-state index contributed by atoms with van der Waals surface area (Å²) in [5, 5.41) is 13.3. The maximum absolute atomic E-state index is 12.6. The van der Waals surface area contributed by atoms with Crippen LogP contribution in [0.2, 0.25) is 0 Å². The van der Waals surface area contributed by atoms with Gasteiger partial charge in [0, 0.05) is 30.5 Å². The normalized spacial score (nSPS) is 31.6. The van der Waals surface area contributed by atoms with Gasteiger partial charge in [0.25, 0.3) is 0 Å². The largest absolute Gasteiger partial charge is 0.392 e. The van der Waals surface area contributed by atoms with E-state index in [1.54, 1.807) is 0 Å². The van der Waals surface area contributed by atoms with Crippen LogP contribution in [0.1, 0.15) is 66.2 Å². The number of aliphatic hydroxyl groups is 1. The third-order valence-electron chi connectivity index (χ3n) is 5.67. The molecule has 2 aliphatic rings. The molecule has 138 valence electrons. The van der Waals surface area contributed by atoms with Crippen molar-refractivity contribution < 1.29 is 14.7 Å². The van der Waals surface area contributed by atoms with E-state index in [2.05, 4.69) is 12.2 Å². The molecule has 1 heterocycles. The zero-order valence-corrected chi connectivity index (χ0v) is 15.7. The maximum Gasteiger partial charge on any atom is 0.227 e. The summed E-state index contributed by atoms with van der Waals surface area (Å²) >= 11 is 0. The summed E-state index contributed by atoms with van der Waals surface area (Å²) in [4.78, 5) is 26.9. The SMILES string of the molecule is CC(C)(C)C(=O)N1CCC[C@H](C(=O)NC[C@]2(C)CCCC[C@H]2O)C1. The van der Waals surface area contributed by atoms with E-state index in [9.17, 15) is 14.7 Å². The molecule has 5 nitrogen and oxygen atoms in total. The molecule has 0 aromatic rings. The second kappa shape index (κ2) is 7.42. The predicted molar refractivity (Wildman–Crippen MR) is 94.4 cm³/mol. The smallest absolute Gasteiger partial charge is 0.227 e. The molecule has 5 heteroatoms. The van der Waals surface area contributed by atoms with E-state index < -0.39 is 5.41 Å². The molecular weight excluding hydrogens is 304 g/mol. The van der Waals surface area contributed by atoms with Gasteiger partial charge in [-0.15, -0.1) is 0 Å². The van der Waals surface area contributed by atoms with Crippen molar-refractivity contribution in [3.05, 3.63) is 0 Å². The van der Waals surface area contributed by atoms with Crippen molar-refractivity contribution in [1.82, 2.24) is 10.2 Å². The second-order valence-corrected chi connectivity index (χ2v) is 8.97. The Balaban J connectivity index is 1.89. The number of rotatable bonds is 3. The van der Waals surface area contributed by atoms with Crippen LogP contribution in [0.15, 0.2) is 0 Å². The first kappa shape index (κ1) is 19.2. The summed E-state index contributed by atoms with van der Waals surface area (Å²) < 4.78 is 0. The molecule has 0 radical (unpaired) electrons. The standard InChI is InChI=1S/C19H34N2O3/c1-18(2,3)17(24)21-11-7-8-14(12-21)16(23)20-13-19(4)10-6-5-9-15(19)22/h14-15,22H,5-13H2,1-4H3,(H,20,23)/t14-,15+,19-/m0/s1. The number of likely N-dealkylation sites (tertiary alicyclic amines) is 1. The number of nitrogens with one attached hydrogen (secondary N) is 1. The van der Waals surface area contributed by atoms with Gasteiger partial charge < -0.3 is 15.3 Å². The van der Waals surface area contributed by atoms with E-state index in [1.807, 2.05) is 25.7 Å². The summed E-state index contributed by atoms with van der Waals surface area (Å²) in [5.74, 6) is 0.0180. The molecule has 1 aliphatic carbocycles. The highest BCUT2D eigenvalue weighted by atomic mass is 16.3. The molecule has 0 aromatic carbocycles. The molecule has 3 atom stereocenters. The maximum atomic E-state index is 12.6. The molecule has 0 unspecified atom stereocenters. The van der Waals surface area contributed by atoms with Gasteiger partial charge in [-0.3, -0.25) is 9.59 Å². The second-order valence-electron chi connectivity index (χ2n) is 8.97. The van der Waals surface area contributed by atoms with Crippen molar-refractivity contribution in [3.8, 4) is 0 Å². The first-order valence-electron chi connectivity index (χ1n) is 9.39. The quantitative estimate of drug-likeness (QED) is 0.830. The Hall–Kier alpha value is -1.10. The lowest BCUT2D eigenvalue weighted by Crippen LogP contribution is -2.51. The Morgan fingerprint density at radius 2 is 1.92 bits per heavy atom. The highest BCUT2D eigenvalue weighted by molar-refractivity contribution is 5.83. The van der Waals surface area contributed by atoms with Gasteiger partial charge in [-0.2, -0.15) is 0 Å². The van der Waals surface area contributed by atoms with Crippen molar-refractivity contribution in [2.45, 2.75) is 72.3 Å². The minimum atomic E-state index is -0.405. The van der Waals surface area contributed by atoms with E-state index in [0.29, 0.717) is 13.1 Å². The topological polar surface area (TPSA) is 69.6 Å². The number of amides is 2. The zero-order chi connectivity index (χ0) is 18.0. The molecule has 2 N–H and O–H groups in total. The lowest BCUT2D eigenvalue weighted by atomic mass is 9.73. The van der Waals surface area contributed by atoms with Crippen LogP contribution in [0.25, 0.3) is 0 Å². The monoisotopic (exact) mass is 338 g/mol. The van der Waals surface area contributed by atoms with Gasteiger partial charge in [-0.1, -0.05) is 40.5 Å². The molecule has 0 aromatic heterocycles. The van der Waals surface area contributed by atoms with Crippen LogP contribution >= 0.6 is 0 Å². The summed E-state index contributed by atoms with van der Waals surface area (Å²) in [6.45, 7) is 9.61. The van der Waals surface area contributed by atoms with Gasteiger partial charge in [-0.25, -0.2) is 0 Å². The molecule has 2 rings (SSSR count). The van der Waals surface area contributed by atoms with Crippen LogP contribution in [0.3, 0.4) is 0 Å². The molecule has 0 spiro atoms. The highest BCUT2D eigenvalue weighted by Gasteiger charge is 2.37. The fourth-order valence-corrected chi connectivity index (χ4v) is 3.87. The highest BCUT2D eigenvalue weighted by Crippen LogP contribution is 2.35.